The molecule has 19 heavy (non-hydrogen) atoms. The minimum Gasteiger partial charge on any atom is -0.449 e. The van der Waals surface area contributed by atoms with Crippen LogP contribution in [0.5, 0.6) is 0 Å². The van der Waals surface area contributed by atoms with Crippen LogP contribution in [0.1, 0.15) is 18.4 Å². The Bertz CT molecular complexity index is 435. The quantitative estimate of drug-likeness (QED) is 0.866. The number of hydrogen-bond donors (Lipinski definition) is 2. The molecule has 1 aliphatic carbocycles. The third-order valence-electron chi connectivity index (χ3n) is 4.15. The van der Waals surface area contributed by atoms with Crippen molar-refractivity contribution in [2.45, 2.75) is 25.3 Å². The maximum Gasteiger partial charge on any atom is 0.407 e. The average molecular weight is 260 g/mol. The second-order valence-electron chi connectivity index (χ2n) is 5.72. The second-order valence-corrected chi connectivity index (χ2v) is 5.72. The van der Waals surface area contributed by atoms with Gasteiger partial charge in [0.2, 0.25) is 0 Å². The van der Waals surface area contributed by atoms with Crippen LogP contribution in [0.2, 0.25) is 0 Å². The highest BCUT2D eigenvalue weighted by molar-refractivity contribution is 5.67. The number of rotatable bonds is 4. The Labute approximate surface area is 113 Å². The van der Waals surface area contributed by atoms with E-state index in [1.807, 2.05) is 30.3 Å². The van der Waals surface area contributed by atoms with Gasteiger partial charge in [-0.25, -0.2) is 4.79 Å². The highest BCUT2D eigenvalue weighted by atomic mass is 16.5. The lowest BCUT2D eigenvalue weighted by molar-refractivity contribution is 0.0220. The number of carbonyl (C=O) groups is 1. The molecule has 1 amide bonds. The molecule has 3 rings (SSSR count). The predicted molar refractivity (Wildman–Crippen MR) is 73.0 cm³/mol. The van der Waals surface area contributed by atoms with Gasteiger partial charge >= 0.3 is 6.09 Å². The van der Waals surface area contributed by atoms with E-state index in [2.05, 4.69) is 10.6 Å². The van der Waals surface area contributed by atoms with E-state index in [0.29, 0.717) is 18.1 Å². The van der Waals surface area contributed by atoms with Crippen molar-refractivity contribution in [3.8, 4) is 0 Å². The van der Waals surface area contributed by atoms with Crippen LogP contribution >= 0.6 is 0 Å². The molecule has 0 aromatic heterocycles. The third kappa shape index (κ3) is 2.89. The molecule has 1 aliphatic heterocycles. The topological polar surface area (TPSA) is 50.4 Å². The molecular formula is C15H20N2O2. The summed E-state index contributed by atoms with van der Waals surface area (Å²) in [7, 11) is 0. The van der Waals surface area contributed by atoms with E-state index < -0.39 is 0 Å². The van der Waals surface area contributed by atoms with Crippen molar-refractivity contribution in [3.63, 3.8) is 0 Å². The molecule has 1 saturated heterocycles. The van der Waals surface area contributed by atoms with E-state index in [4.69, 9.17) is 4.74 Å². The fourth-order valence-electron chi connectivity index (χ4n) is 2.97. The molecule has 1 heterocycles. The average Bonchev–Trinajstić information content (AvgIpc) is 2.32. The van der Waals surface area contributed by atoms with Crippen molar-refractivity contribution in [1.82, 2.24) is 10.6 Å². The summed E-state index contributed by atoms with van der Waals surface area (Å²) in [4.78, 5) is 11.6. The van der Waals surface area contributed by atoms with Crippen LogP contribution < -0.4 is 10.6 Å². The smallest absolute Gasteiger partial charge is 0.407 e. The summed E-state index contributed by atoms with van der Waals surface area (Å²) >= 11 is 0. The number of carbonyl (C=O) groups excluding carboxylic acids is 1. The summed E-state index contributed by atoms with van der Waals surface area (Å²) < 4.78 is 5.21. The number of alkyl carbamates (subject to hydrolysis) is 1. The molecule has 1 saturated carbocycles. The third-order valence-corrected chi connectivity index (χ3v) is 4.15. The molecule has 2 aliphatic rings. The fourth-order valence-corrected chi connectivity index (χ4v) is 2.97. The summed E-state index contributed by atoms with van der Waals surface area (Å²) in [6.45, 7) is 2.65. The lowest BCUT2D eigenvalue weighted by atomic mass is 9.62. The molecule has 0 radical (unpaired) electrons. The minimum absolute atomic E-state index is 0.275. The maximum atomic E-state index is 11.6. The first-order chi connectivity index (χ1) is 9.26. The molecule has 2 N–H and O–H groups in total. The lowest BCUT2D eigenvalue weighted by Crippen LogP contribution is -2.65. The molecule has 1 aromatic rings. The standard InChI is InChI=1S/C15H20N2O2/c18-14(17-13-8-15(9-13)10-16-11-15)19-7-6-12-4-2-1-3-5-12/h1-5,13,16H,6-11H2,(H,17,18). The van der Waals surface area contributed by atoms with Gasteiger partial charge in [0.25, 0.3) is 0 Å². The zero-order chi connectivity index (χ0) is 13.1. The Morgan fingerprint density at radius 1 is 1.32 bits per heavy atom. The van der Waals surface area contributed by atoms with E-state index in [0.717, 1.165) is 32.4 Å². The van der Waals surface area contributed by atoms with E-state index in [9.17, 15) is 4.79 Å². The normalized spacial score (nSPS) is 20.4. The van der Waals surface area contributed by atoms with Gasteiger partial charge in [-0.05, 0) is 23.8 Å². The number of nitrogens with one attached hydrogen (secondary N) is 2. The Morgan fingerprint density at radius 3 is 2.68 bits per heavy atom. The highest BCUT2D eigenvalue weighted by Gasteiger charge is 2.48. The molecule has 2 fully saturated rings. The Morgan fingerprint density at radius 2 is 2.05 bits per heavy atom. The van der Waals surface area contributed by atoms with E-state index in [1.54, 1.807) is 0 Å². The van der Waals surface area contributed by atoms with E-state index in [-0.39, 0.29) is 6.09 Å². The maximum absolute atomic E-state index is 11.6. The summed E-state index contributed by atoms with van der Waals surface area (Å²) in [6.07, 6.45) is 2.68. The number of ether oxygens (including phenoxy) is 1. The molecule has 102 valence electrons. The van der Waals surface area contributed by atoms with Gasteiger partial charge in [0.1, 0.15) is 0 Å². The van der Waals surface area contributed by atoms with Crippen molar-refractivity contribution < 1.29 is 9.53 Å². The van der Waals surface area contributed by atoms with Crippen molar-refractivity contribution in [2.24, 2.45) is 5.41 Å². The zero-order valence-corrected chi connectivity index (χ0v) is 11.0. The fraction of sp³-hybridized carbons (Fsp3) is 0.533. The molecule has 4 nitrogen and oxygen atoms in total. The predicted octanol–water partition coefficient (Wildman–Crippen LogP) is 1.71. The Hall–Kier alpha value is -1.55. The second kappa shape index (κ2) is 5.21. The van der Waals surface area contributed by atoms with Crippen molar-refractivity contribution >= 4 is 6.09 Å². The van der Waals surface area contributed by atoms with Gasteiger partial charge in [0.05, 0.1) is 6.61 Å². The summed E-state index contributed by atoms with van der Waals surface area (Å²) in [5.74, 6) is 0. The van der Waals surface area contributed by atoms with Gasteiger partial charge < -0.3 is 15.4 Å². The first-order valence-corrected chi connectivity index (χ1v) is 6.94. The largest absolute Gasteiger partial charge is 0.449 e. The van der Waals surface area contributed by atoms with Crippen molar-refractivity contribution in [3.05, 3.63) is 35.9 Å². The van der Waals surface area contributed by atoms with Gasteiger partial charge in [0, 0.05) is 25.6 Å². The molecule has 0 bridgehead atoms. The van der Waals surface area contributed by atoms with Crippen LogP contribution in [-0.2, 0) is 11.2 Å². The highest BCUT2D eigenvalue weighted by Crippen LogP contribution is 2.43. The van der Waals surface area contributed by atoms with Crippen LogP contribution in [0.15, 0.2) is 30.3 Å². The lowest BCUT2D eigenvalue weighted by Gasteiger charge is -2.54. The monoisotopic (exact) mass is 260 g/mol. The Balaban J connectivity index is 1.31. The van der Waals surface area contributed by atoms with Gasteiger partial charge in [-0.2, -0.15) is 0 Å². The van der Waals surface area contributed by atoms with Gasteiger partial charge in [0.15, 0.2) is 0 Å². The zero-order valence-electron chi connectivity index (χ0n) is 11.0. The van der Waals surface area contributed by atoms with Gasteiger partial charge in [-0.3, -0.25) is 0 Å². The summed E-state index contributed by atoms with van der Waals surface area (Å²) in [5.41, 5.74) is 1.68. The summed E-state index contributed by atoms with van der Waals surface area (Å²) in [5, 5.41) is 6.22. The molecule has 4 heteroatoms. The molecule has 0 atom stereocenters. The van der Waals surface area contributed by atoms with Crippen LogP contribution in [0.4, 0.5) is 4.79 Å². The van der Waals surface area contributed by atoms with Crippen molar-refractivity contribution in [2.75, 3.05) is 19.7 Å². The molecule has 0 unspecified atom stereocenters. The summed E-state index contributed by atoms with van der Waals surface area (Å²) in [6, 6.07) is 10.4. The number of amides is 1. The SMILES string of the molecule is O=C(NC1CC2(CNC2)C1)OCCc1ccccc1. The first kappa shape index (κ1) is 12.5. The van der Waals surface area contributed by atoms with E-state index >= 15 is 0 Å². The van der Waals surface area contributed by atoms with Gasteiger partial charge in [-0.15, -0.1) is 0 Å². The molecule has 1 aromatic carbocycles. The van der Waals surface area contributed by atoms with E-state index in [1.165, 1.54) is 5.56 Å². The molecule has 1 spiro atoms. The van der Waals surface area contributed by atoms with Crippen LogP contribution in [-0.4, -0.2) is 31.8 Å². The number of benzene rings is 1. The van der Waals surface area contributed by atoms with Crippen molar-refractivity contribution in [1.29, 1.82) is 0 Å². The molecular weight excluding hydrogens is 240 g/mol. The van der Waals surface area contributed by atoms with Crippen LogP contribution in [0.3, 0.4) is 0 Å². The van der Waals surface area contributed by atoms with Crippen LogP contribution in [0, 0.1) is 5.41 Å². The first-order valence-electron chi connectivity index (χ1n) is 6.94. The minimum atomic E-state index is -0.275. The van der Waals surface area contributed by atoms with Gasteiger partial charge in [-0.1, -0.05) is 30.3 Å². The number of hydrogen-bond acceptors (Lipinski definition) is 3. The Kier molecular flexibility index (Phi) is 3.42. The van der Waals surface area contributed by atoms with Crippen LogP contribution in [0.25, 0.3) is 0 Å².